The van der Waals surface area contributed by atoms with Crippen molar-refractivity contribution in [2.45, 2.75) is 58.9 Å². The smallest absolute Gasteiger partial charge is 0.150 e. The van der Waals surface area contributed by atoms with Crippen LogP contribution in [0, 0.1) is 0 Å². The molecule has 1 unspecified atom stereocenters. The van der Waals surface area contributed by atoms with Crippen LogP contribution in [0.5, 0.6) is 0 Å². The molecule has 3 nitrogen and oxygen atoms in total. The van der Waals surface area contributed by atoms with Gasteiger partial charge < -0.3 is 5.32 Å². The van der Waals surface area contributed by atoms with Gasteiger partial charge in [0.05, 0.1) is 5.75 Å². The van der Waals surface area contributed by atoms with Crippen molar-refractivity contribution in [3.8, 4) is 0 Å². The van der Waals surface area contributed by atoms with Gasteiger partial charge in [0.25, 0.3) is 0 Å². The van der Waals surface area contributed by atoms with Crippen LogP contribution in [-0.2, 0) is 9.84 Å². The fourth-order valence-corrected chi connectivity index (χ4v) is 2.78. The number of hydrogen-bond acceptors (Lipinski definition) is 3. The molecule has 0 bridgehead atoms. The fourth-order valence-electron chi connectivity index (χ4n) is 1.84. The summed E-state index contributed by atoms with van der Waals surface area (Å²) in [5.74, 6) is 0.632. The molecule has 0 rings (SSSR count). The van der Waals surface area contributed by atoms with Crippen LogP contribution in [0.2, 0.25) is 0 Å². The lowest BCUT2D eigenvalue weighted by molar-refractivity contribution is 0.445. The molecular weight excluding hydrogens is 222 g/mol. The van der Waals surface area contributed by atoms with Gasteiger partial charge in [-0.1, -0.05) is 33.6 Å². The Labute approximate surface area is 101 Å². The van der Waals surface area contributed by atoms with E-state index in [9.17, 15) is 8.42 Å². The molecule has 0 heterocycles. The lowest BCUT2D eigenvalue weighted by atomic mass is 10.1. The summed E-state index contributed by atoms with van der Waals surface area (Å²) in [6.07, 6.45) is 5.29. The molecule has 0 aromatic carbocycles. The van der Waals surface area contributed by atoms with Crippen molar-refractivity contribution in [3.63, 3.8) is 0 Å². The number of sulfone groups is 1. The maximum absolute atomic E-state index is 11.3. The average molecular weight is 249 g/mol. The molecule has 0 radical (unpaired) electrons. The summed E-state index contributed by atoms with van der Waals surface area (Å²) in [4.78, 5) is 0. The third-order valence-corrected chi connectivity index (χ3v) is 4.62. The Kier molecular flexibility index (Phi) is 8.94. The zero-order valence-corrected chi connectivity index (χ0v) is 11.8. The van der Waals surface area contributed by atoms with Crippen molar-refractivity contribution in [1.82, 2.24) is 5.32 Å². The highest BCUT2D eigenvalue weighted by molar-refractivity contribution is 7.91. The van der Waals surface area contributed by atoms with Gasteiger partial charge in [0.15, 0.2) is 0 Å². The van der Waals surface area contributed by atoms with Crippen molar-refractivity contribution in [3.05, 3.63) is 0 Å². The molecule has 0 spiro atoms. The maximum Gasteiger partial charge on any atom is 0.150 e. The first kappa shape index (κ1) is 15.9. The number of unbranched alkanes of at least 4 members (excludes halogenated alkanes) is 1. The molecule has 0 aromatic heterocycles. The molecule has 0 saturated heterocycles. The molecule has 98 valence electrons. The Hall–Kier alpha value is -0.0900. The van der Waals surface area contributed by atoms with E-state index in [2.05, 4.69) is 19.2 Å². The van der Waals surface area contributed by atoms with Crippen molar-refractivity contribution < 1.29 is 8.42 Å². The summed E-state index contributed by atoms with van der Waals surface area (Å²) in [5.41, 5.74) is 0. The van der Waals surface area contributed by atoms with Gasteiger partial charge in [0.1, 0.15) is 9.84 Å². The number of nitrogens with one attached hydrogen (secondary N) is 1. The van der Waals surface area contributed by atoms with E-state index in [1.807, 2.05) is 0 Å². The van der Waals surface area contributed by atoms with E-state index in [0.717, 1.165) is 25.8 Å². The highest BCUT2D eigenvalue weighted by Crippen LogP contribution is 2.08. The average Bonchev–Trinajstić information content (AvgIpc) is 2.25. The molecule has 0 aliphatic rings. The Morgan fingerprint density at radius 2 is 1.75 bits per heavy atom. The van der Waals surface area contributed by atoms with Gasteiger partial charge in [0, 0.05) is 11.8 Å². The van der Waals surface area contributed by atoms with Crippen LogP contribution in [0.25, 0.3) is 0 Å². The Morgan fingerprint density at radius 3 is 2.25 bits per heavy atom. The second-order valence-corrected chi connectivity index (χ2v) is 6.75. The minimum Gasteiger partial charge on any atom is -0.314 e. The first-order valence-electron chi connectivity index (χ1n) is 6.49. The quantitative estimate of drug-likeness (QED) is 0.605. The zero-order chi connectivity index (χ0) is 12.4. The number of hydrogen-bond donors (Lipinski definition) is 1. The minimum atomic E-state index is -2.76. The van der Waals surface area contributed by atoms with Crippen molar-refractivity contribution in [1.29, 1.82) is 0 Å². The molecule has 0 aliphatic carbocycles. The summed E-state index contributed by atoms with van der Waals surface area (Å²) in [6, 6.07) is 0.569. The molecule has 1 N–H and O–H groups in total. The Balaban J connectivity index is 3.69. The predicted octanol–water partition coefficient (Wildman–Crippen LogP) is 2.37. The highest BCUT2D eigenvalue weighted by Gasteiger charge is 2.09. The Bertz CT molecular complexity index is 244. The fraction of sp³-hybridized carbons (Fsp3) is 1.00. The monoisotopic (exact) mass is 249 g/mol. The van der Waals surface area contributed by atoms with Crippen molar-refractivity contribution >= 4 is 9.84 Å². The van der Waals surface area contributed by atoms with Gasteiger partial charge in [-0.2, -0.15) is 0 Å². The zero-order valence-electron chi connectivity index (χ0n) is 11.0. The number of rotatable bonds is 10. The summed E-state index contributed by atoms with van der Waals surface area (Å²) in [5, 5.41) is 3.45. The normalized spacial score (nSPS) is 13.9. The van der Waals surface area contributed by atoms with Crippen molar-refractivity contribution in [2.75, 3.05) is 18.1 Å². The SMILES string of the molecule is CCCC(CCCCS(=O)(=O)CC)NCC. The van der Waals surface area contributed by atoms with Crippen LogP contribution in [0.3, 0.4) is 0 Å². The molecule has 0 aliphatic heterocycles. The molecule has 0 saturated carbocycles. The highest BCUT2D eigenvalue weighted by atomic mass is 32.2. The minimum absolute atomic E-state index is 0.276. The van der Waals surface area contributed by atoms with Gasteiger partial charge in [-0.05, 0) is 25.8 Å². The van der Waals surface area contributed by atoms with Crippen molar-refractivity contribution in [2.24, 2.45) is 0 Å². The topological polar surface area (TPSA) is 46.2 Å². The molecule has 0 fully saturated rings. The van der Waals surface area contributed by atoms with Gasteiger partial charge in [-0.15, -0.1) is 0 Å². The molecular formula is C12H27NO2S. The van der Waals surface area contributed by atoms with Gasteiger partial charge in [0.2, 0.25) is 0 Å². The van der Waals surface area contributed by atoms with Gasteiger partial charge in [-0.3, -0.25) is 0 Å². The van der Waals surface area contributed by atoms with E-state index < -0.39 is 9.84 Å². The van der Waals surface area contributed by atoms with Crippen LogP contribution >= 0.6 is 0 Å². The van der Waals surface area contributed by atoms with Crippen LogP contribution in [0.1, 0.15) is 52.9 Å². The van der Waals surface area contributed by atoms with Crippen LogP contribution in [0.15, 0.2) is 0 Å². The van der Waals surface area contributed by atoms with E-state index >= 15 is 0 Å². The van der Waals surface area contributed by atoms with Gasteiger partial charge in [-0.25, -0.2) is 8.42 Å². The summed E-state index contributed by atoms with van der Waals surface area (Å²) in [6.45, 7) is 7.02. The molecule has 1 atom stereocenters. The lowest BCUT2D eigenvalue weighted by Gasteiger charge is -2.16. The lowest BCUT2D eigenvalue weighted by Crippen LogP contribution is -2.28. The molecule has 0 aromatic rings. The first-order chi connectivity index (χ1) is 7.55. The van der Waals surface area contributed by atoms with E-state index in [0.29, 0.717) is 11.8 Å². The summed E-state index contributed by atoms with van der Waals surface area (Å²) >= 11 is 0. The third kappa shape index (κ3) is 8.11. The summed E-state index contributed by atoms with van der Waals surface area (Å²) < 4.78 is 22.6. The standard InChI is InChI=1S/C12H27NO2S/c1-4-9-12(13-5-2)10-7-8-11-16(14,15)6-3/h12-13H,4-11H2,1-3H3. The first-order valence-corrected chi connectivity index (χ1v) is 8.31. The van der Waals surface area contributed by atoms with E-state index in [-0.39, 0.29) is 5.75 Å². The Morgan fingerprint density at radius 1 is 1.06 bits per heavy atom. The predicted molar refractivity (Wildman–Crippen MR) is 70.6 cm³/mol. The molecule has 4 heteroatoms. The molecule has 0 amide bonds. The van der Waals surface area contributed by atoms with Gasteiger partial charge >= 0.3 is 0 Å². The van der Waals surface area contributed by atoms with E-state index in [4.69, 9.17) is 0 Å². The van der Waals surface area contributed by atoms with Crippen LogP contribution in [-0.4, -0.2) is 32.5 Å². The molecule has 16 heavy (non-hydrogen) atoms. The van der Waals surface area contributed by atoms with E-state index in [1.54, 1.807) is 6.92 Å². The van der Waals surface area contributed by atoms with Crippen LogP contribution < -0.4 is 5.32 Å². The van der Waals surface area contributed by atoms with E-state index in [1.165, 1.54) is 12.8 Å². The second kappa shape index (κ2) is 8.99. The van der Waals surface area contributed by atoms with Crippen LogP contribution in [0.4, 0.5) is 0 Å². The summed E-state index contributed by atoms with van der Waals surface area (Å²) in [7, 11) is -2.76. The maximum atomic E-state index is 11.3. The third-order valence-electron chi connectivity index (χ3n) is 2.83. The largest absolute Gasteiger partial charge is 0.314 e. The second-order valence-electron chi connectivity index (χ2n) is 4.28.